The van der Waals surface area contributed by atoms with Gasteiger partial charge in [-0.15, -0.1) is 11.3 Å². The van der Waals surface area contributed by atoms with Gasteiger partial charge in [0.1, 0.15) is 17.1 Å². The first kappa shape index (κ1) is 15.1. The van der Waals surface area contributed by atoms with Crippen LogP contribution < -0.4 is 4.90 Å². The van der Waals surface area contributed by atoms with Crippen molar-refractivity contribution < 1.29 is 9.21 Å². The number of amides is 1. The van der Waals surface area contributed by atoms with Gasteiger partial charge in [0, 0.05) is 23.1 Å². The number of hydrogen-bond donors (Lipinski definition) is 0. The second-order valence-electron chi connectivity index (χ2n) is 6.16. The fourth-order valence-electron chi connectivity index (χ4n) is 3.28. The lowest BCUT2D eigenvalue weighted by atomic mass is 10.0. The van der Waals surface area contributed by atoms with Gasteiger partial charge in [0.05, 0.1) is 30.6 Å². The number of thiazole rings is 1. The summed E-state index contributed by atoms with van der Waals surface area (Å²) in [4.78, 5) is 19.3. The zero-order valence-corrected chi connectivity index (χ0v) is 14.4. The first-order chi connectivity index (χ1) is 11.6. The predicted molar refractivity (Wildman–Crippen MR) is 92.0 cm³/mol. The largest absolute Gasteiger partial charge is 0.472 e. The number of carbonyl (C=O) groups is 1. The molecule has 0 fully saturated rings. The Morgan fingerprint density at radius 2 is 2.25 bits per heavy atom. The SMILES string of the molecule is CC1CC(C)n2nccc2N1C(=O)Cc1csc(-c2ccoc2)n1. The molecule has 7 heteroatoms. The minimum Gasteiger partial charge on any atom is -0.472 e. The maximum atomic E-state index is 12.9. The molecule has 0 bridgehead atoms. The molecule has 1 amide bonds. The van der Waals surface area contributed by atoms with Gasteiger partial charge in [0.15, 0.2) is 0 Å². The van der Waals surface area contributed by atoms with Crippen LogP contribution >= 0.6 is 11.3 Å². The number of nitrogens with zero attached hydrogens (tertiary/aromatic N) is 4. The van der Waals surface area contributed by atoms with Crippen LogP contribution in [0.2, 0.25) is 0 Å². The number of furan rings is 1. The minimum absolute atomic E-state index is 0.0557. The van der Waals surface area contributed by atoms with Crippen LogP contribution in [0.25, 0.3) is 10.6 Å². The second kappa shape index (κ2) is 5.90. The van der Waals surface area contributed by atoms with Gasteiger partial charge >= 0.3 is 0 Å². The summed E-state index contributed by atoms with van der Waals surface area (Å²) in [6, 6.07) is 4.24. The van der Waals surface area contributed by atoms with Crippen LogP contribution in [0.1, 0.15) is 32.0 Å². The summed E-state index contributed by atoms with van der Waals surface area (Å²) >= 11 is 1.52. The van der Waals surface area contributed by atoms with Crippen LogP contribution in [0.3, 0.4) is 0 Å². The zero-order chi connectivity index (χ0) is 16.7. The van der Waals surface area contributed by atoms with Crippen molar-refractivity contribution in [1.29, 1.82) is 0 Å². The van der Waals surface area contributed by atoms with Crippen LogP contribution in [0.15, 0.2) is 40.7 Å². The Morgan fingerprint density at radius 1 is 1.38 bits per heavy atom. The molecule has 2 atom stereocenters. The van der Waals surface area contributed by atoms with Gasteiger partial charge < -0.3 is 4.42 Å². The summed E-state index contributed by atoms with van der Waals surface area (Å²) in [5, 5.41) is 7.16. The second-order valence-corrected chi connectivity index (χ2v) is 7.02. The first-order valence-electron chi connectivity index (χ1n) is 7.96. The Hall–Kier alpha value is -2.41. The third-order valence-corrected chi connectivity index (χ3v) is 5.30. The third kappa shape index (κ3) is 2.54. The lowest BCUT2D eigenvalue weighted by Crippen LogP contribution is -2.45. The van der Waals surface area contributed by atoms with Gasteiger partial charge in [-0.3, -0.25) is 9.69 Å². The van der Waals surface area contributed by atoms with Crippen LogP contribution in [0, 0.1) is 0 Å². The predicted octanol–water partition coefficient (Wildman–Crippen LogP) is 3.53. The van der Waals surface area contributed by atoms with Crippen LogP contribution in [0.5, 0.6) is 0 Å². The molecule has 2 unspecified atom stereocenters. The van der Waals surface area contributed by atoms with E-state index in [4.69, 9.17) is 4.42 Å². The molecule has 0 radical (unpaired) electrons. The molecular weight excluding hydrogens is 324 g/mol. The smallest absolute Gasteiger partial charge is 0.234 e. The third-order valence-electron chi connectivity index (χ3n) is 4.36. The summed E-state index contributed by atoms with van der Waals surface area (Å²) in [7, 11) is 0. The highest BCUT2D eigenvalue weighted by Gasteiger charge is 2.32. The fraction of sp³-hybridized carbons (Fsp3) is 0.353. The van der Waals surface area contributed by atoms with Gasteiger partial charge in [-0.2, -0.15) is 5.10 Å². The minimum atomic E-state index is 0.0557. The van der Waals surface area contributed by atoms with Gasteiger partial charge in [-0.25, -0.2) is 9.67 Å². The highest BCUT2D eigenvalue weighted by Crippen LogP contribution is 2.32. The Morgan fingerprint density at radius 3 is 3.04 bits per heavy atom. The number of anilines is 1. The highest BCUT2D eigenvalue weighted by atomic mass is 32.1. The molecule has 3 aromatic heterocycles. The van der Waals surface area contributed by atoms with E-state index in [-0.39, 0.29) is 18.4 Å². The molecule has 0 spiro atoms. The topological polar surface area (TPSA) is 64.2 Å². The number of aromatic nitrogens is 3. The monoisotopic (exact) mass is 342 g/mol. The average Bonchev–Trinajstić information content (AvgIpc) is 3.28. The Kier molecular flexibility index (Phi) is 3.72. The summed E-state index contributed by atoms with van der Waals surface area (Å²) < 4.78 is 7.02. The first-order valence-corrected chi connectivity index (χ1v) is 8.84. The molecule has 0 saturated carbocycles. The van der Waals surface area contributed by atoms with Crippen molar-refractivity contribution in [2.75, 3.05) is 4.90 Å². The van der Waals surface area contributed by atoms with Crippen molar-refractivity contribution in [2.24, 2.45) is 0 Å². The van der Waals surface area contributed by atoms with Crippen molar-refractivity contribution in [2.45, 2.75) is 38.8 Å². The van der Waals surface area contributed by atoms with Gasteiger partial charge in [-0.05, 0) is 26.3 Å². The van der Waals surface area contributed by atoms with Crippen LogP contribution in [0.4, 0.5) is 5.82 Å². The Bertz CT molecular complexity index is 852. The van der Waals surface area contributed by atoms with E-state index in [2.05, 4.69) is 23.9 Å². The summed E-state index contributed by atoms with van der Waals surface area (Å²) in [5.74, 6) is 0.928. The molecule has 4 rings (SSSR count). The summed E-state index contributed by atoms with van der Waals surface area (Å²) in [5.41, 5.74) is 1.73. The molecule has 3 aromatic rings. The average molecular weight is 342 g/mol. The van der Waals surface area contributed by atoms with Crippen LogP contribution in [-0.2, 0) is 11.2 Å². The lowest BCUT2D eigenvalue weighted by molar-refractivity contribution is -0.118. The van der Waals surface area contributed by atoms with E-state index in [1.165, 1.54) is 11.3 Å². The van der Waals surface area contributed by atoms with E-state index >= 15 is 0 Å². The van der Waals surface area contributed by atoms with Crippen molar-refractivity contribution in [3.63, 3.8) is 0 Å². The normalized spacial score (nSPS) is 20.2. The van der Waals surface area contributed by atoms with Crippen LogP contribution in [-0.4, -0.2) is 26.7 Å². The van der Waals surface area contributed by atoms with E-state index in [1.54, 1.807) is 18.7 Å². The molecule has 1 aliphatic rings. The van der Waals surface area contributed by atoms with Gasteiger partial charge in [0.25, 0.3) is 0 Å². The van der Waals surface area contributed by atoms with E-state index in [0.29, 0.717) is 6.04 Å². The molecule has 24 heavy (non-hydrogen) atoms. The molecule has 4 heterocycles. The van der Waals surface area contributed by atoms with Crippen molar-refractivity contribution in [1.82, 2.24) is 14.8 Å². The fourth-order valence-corrected chi connectivity index (χ4v) is 4.09. The zero-order valence-electron chi connectivity index (χ0n) is 13.5. The Balaban J connectivity index is 1.56. The lowest BCUT2D eigenvalue weighted by Gasteiger charge is -2.36. The molecule has 0 aromatic carbocycles. The number of rotatable bonds is 3. The van der Waals surface area contributed by atoms with E-state index in [1.807, 2.05) is 27.1 Å². The molecule has 1 aliphatic heterocycles. The molecule has 6 nitrogen and oxygen atoms in total. The van der Waals surface area contributed by atoms with E-state index in [0.717, 1.165) is 28.5 Å². The highest BCUT2D eigenvalue weighted by molar-refractivity contribution is 7.13. The Labute approximate surface area is 143 Å². The number of fused-ring (bicyclic) bond motifs is 1. The molecule has 0 aliphatic carbocycles. The molecule has 124 valence electrons. The van der Waals surface area contributed by atoms with Crippen molar-refractivity contribution >= 4 is 23.1 Å². The van der Waals surface area contributed by atoms with Gasteiger partial charge in [-0.1, -0.05) is 0 Å². The molecule has 0 saturated heterocycles. The number of hydrogen-bond acceptors (Lipinski definition) is 5. The maximum absolute atomic E-state index is 12.9. The maximum Gasteiger partial charge on any atom is 0.234 e. The van der Waals surface area contributed by atoms with Gasteiger partial charge in [0.2, 0.25) is 5.91 Å². The van der Waals surface area contributed by atoms with Crippen molar-refractivity contribution in [3.8, 4) is 10.6 Å². The van der Waals surface area contributed by atoms with E-state index < -0.39 is 0 Å². The van der Waals surface area contributed by atoms with Crippen molar-refractivity contribution in [3.05, 3.63) is 41.9 Å². The summed E-state index contributed by atoms with van der Waals surface area (Å²) in [6.07, 6.45) is 6.23. The molecular formula is C17H18N4O2S. The number of carbonyl (C=O) groups excluding carboxylic acids is 1. The quantitative estimate of drug-likeness (QED) is 0.730. The van der Waals surface area contributed by atoms with E-state index in [9.17, 15) is 4.79 Å². The summed E-state index contributed by atoms with van der Waals surface area (Å²) in [6.45, 7) is 4.22. The molecule has 0 N–H and O–H groups in total. The standard InChI is InChI=1S/C17H18N4O2S/c1-11-7-12(2)21-15(3-5-18-21)20(11)16(22)8-14-10-24-17(19-14)13-4-6-23-9-13/h3-6,9-12H,7-8H2,1-2H3.